The summed E-state index contributed by atoms with van der Waals surface area (Å²) in [5, 5.41) is 0. The molecule has 134 valence electrons. The van der Waals surface area contributed by atoms with E-state index in [-0.39, 0.29) is 0 Å². The predicted octanol–water partition coefficient (Wildman–Crippen LogP) is 0.367. The first-order valence-corrected chi connectivity index (χ1v) is 16.2. The van der Waals surface area contributed by atoms with Gasteiger partial charge < -0.3 is 4.90 Å². The molecule has 0 fully saturated rings. The zero-order chi connectivity index (χ0) is 17.4. The lowest BCUT2D eigenvalue weighted by Gasteiger charge is -2.21. The Morgan fingerprint density at radius 3 is 1.00 bits per heavy atom. The Balaban J connectivity index is 4.35. The van der Waals surface area contributed by atoms with Crippen molar-refractivity contribution >= 4 is 59.0 Å². The summed E-state index contributed by atoms with van der Waals surface area (Å²) in [4.78, 5) is 1.87. The molecule has 7 nitrogen and oxygen atoms in total. The molecule has 0 saturated heterocycles. The van der Waals surface area contributed by atoms with E-state index in [1.165, 1.54) is 0 Å². The van der Waals surface area contributed by atoms with Crippen LogP contribution in [0.3, 0.4) is 0 Å². The van der Waals surface area contributed by atoms with Crippen LogP contribution in [0.4, 0.5) is 0 Å². The number of hydrogen-bond acceptors (Lipinski definition) is 10. The summed E-state index contributed by atoms with van der Waals surface area (Å²) in [5.41, 5.74) is 0. The van der Waals surface area contributed by atoms with Crippen LogP contribution in [0, 0.1) is 0 Å². The first kappa shape index (κ1) is 22.9. The Kier molecular flexibility index (Phi) is 10.4. The molecular formula is C9H21NO6S6. The summed E-state index contributed by atoms with van der Waals surface area (Å²) in [5.74, 6) is 1.06. The van der Waals surface area contributed by atoms with E-state index in [1.54, 1.807) is 0 Å². The summed E-state index contributed by atoms with van der Waals surface area (Å²) in [7, 11) is -6.90. The molecule has 0 aromatic carbocycles. The fraction of sp³-hybridized carbons (Fsp3) is 1.00. The van der Waals surface area contributed by atoms with Crippen LogP contribution in [0.5, 0.6) is 0 Å². The van der Waals surface area contributed by atoms with Crippen LogP contribution in [0.2, 0.25) is 0 Å². The lowest BCUT2D eigenvalue weighted by Crippen LogP contribution is -2.31. The summed E-state index contributed by atoms with van der Waals surface area (Å²) < 4.78 is 66.5. The van der Waals surface area contributed by atoms with Crippen molar-refractivity contribution in [2.75, 3.05) is 55.7 Å². The van der Waals surface area contributed by atoms with Gasteiger partial charge in [0.25, 0.3) is 0 Å². The second kappa shape index (κ2) is 9.99. The SMILES string of the molecule is CS(=O)(=O)SCCN(CCSS(C)(=O)=O)CCSS(C)(=O)=O. The minimum atomic E-state index is -3.12. The summed E-state index contributed by atoms with van der Waals surface area (Å²) in [6.45, 7) is 1.35. The molecule has 0 rings (SSSR count). The summed E-state index contributed by atoms with van der Waals surface area (Å²) in [6.07, 6.45) is 3.38. The van der Waals surface area contributed by atoms with Gasteiger partial charge in [-0.3, -0.25) is 0 Å². The Bertz CT molecular complexity index is 535. The molecule has 0 spiro atoms. The maximum absolute atomic E-state index is 11.1. The van der Waals surface area contributed by atoms with Crippen LogP contribution >= 0.6 is 32.4 Å². The Morgan fingerprint density at radius 2 is 0.818 bits per heavy atom. The van der Waals surface area contributed by atoms with Crippen LogP contribution in [0.1, 0.15) is 0 Å². The van der Waals surface area contributed by atoms with Gasteiger partial charge in [0.15, 0.2) is 26.6 Å². The Morgan fingerprint density at radius 1 is 0.591 bits per heavy atom. The zero-order valence-electron chi connectivity index (χ0n) is 12.6. The smallest absolute Gasteiger partial charge is 0.198 e. The topological polar surface area (TPSA) is 106 Å². The van der Waals surface area contributed by atoms with E-state index in [0.717, 1.165) is 51.1 Å². The van der Waals surface area contributed by atoms with Gasteiger partial charge in [-0.2, -0.15) is 0 Å². The number of rotatable bonds is 12. The average Bonchev–Trinajstić information content (AvgIpc) is 2.23. The van der Waals surface area contributed by atoms with Crippen LogP contribution in [-0.2, 0) is 26.6 Å². The molecule has 0 unspecified atom stereocenters. The molecule has 0 aliphatic carbocycles. The Labute approximate surface area is 144 Å². The van der Waals surface area contributed by atoms with Gasteiger partial charge >= 0.3 is 0 Å². The van der Waals surface area contributed by atoms with Crippen molar-refractivity contribution in [3.05, 3.63) is 0 Å². The van der Waals surface area contributed by atoms with E-state index in [1.807, 2.05) is 4.90 Å². The highest BCUT2D eigenvalue weighted by atomic mass is 33.1. The molecule has 0 radical (unpaired) electrons. The number of hydrogen-bond donors (Lipinski definition) is 0. The van der Waals surface area contributed by atoms with Gasteiger partial charge in [0, 0.05) is 55.7 Å². The first-order valence-electron chi connectivity index (χ1n) is 6.04. The minimum absolute atomic E-state index is 0.353. The molecule has 0 N–H and O–H groups in total. The highest BCUT2D eigenvalue weighted by Crippen LogP contribution is 2.14. The van der Waals surface area contributed by atoms with Crippen molar-refractivity contribution in [1.29, 1.82) is 0 Å². The highest BCUT2D eigenvalue weighted by Gasteiger charge is 2.12. The maximum atomic E-state index is 11.1. The standard InChI is InChI=1S/C9H21NO6S6/c1-20(11,12)17-7-4-10(5-8-18-21(2,13)14)6-9-19-22(3,15)16/h4-9H2,1-3H3. The average molecular weight is 432 g/mol. The normalized spacial score (nSPS) is 13.6. The van der Waals surface area contributed by atoms with E-state index in [4.69, 9.17) is 0 Å². The van der Waals surface area contributed by atoms with Gasteiger partial charge in [-0.15, -0.1) is 0 Å². The largest absolute Gasteiger partial charge is 0.301 e. The van der Waals surface area contributed by atoms with E-state index in [9.17, 15) is 25.3 Å². The van der Waals surface area contributed by atoms with Crippen molar-refractivity contribution in [1.82, 2.24) is 4.90 Å². The van der Waals surface area contributed by atoms with Crippen molar-refractivity contribution in [3.63, 3.8) is 0 Å². The molecule has 13 heteroatoms. The van der Waals surface area contributed by atoms with Gasteiger partial charge in [-0.25, -0.2) is 25.3 Å². The lowest BCUT2D eigenvalue weighted by atomic mass is 10.5. The summed E-state index contributed by atoms with van der Waals surface area (Å²) in [6, 6.07) is 0. The van der Waals surface area contributed by atoms with E-state index >= 15 is 0 Å². The third-order valence-corrected chi connectivity index (χ3v) is 9.80. The summed E-state index contributed by atoms with van der Waals surface area (Å²) >= 11 is 0. The molecule has 0 heterocycles. The van der Waals surface area contributed by atoms with Crippen molar-refractivity contribution in [2.45, 2.75) is 0 Å². The van der Waals surface area contributed by atoms with Crippen molar-refractivity contribution in [3.8, 4) is 0 Å². The highest BCUT2D eigenvalue weighted by molar-refractivity contribution is 8.72. The molecule has 0 amide bonds. The quantitative estimate of drug-likeness (QED) is 0.402. The van der Waals surface area contributed by atoms with Crippen molar-refractivity contribution in [2.24, 2.45) is 0 Å². The van der Waals surface area contributed by atoms with Gasteiger partial charge in [0.1, 0.15) is 0 Å². The van der Waals surface area contributed by atoms with Crippen LogP contribution < -0.4 is 0 Å². The lowest BCUT2D eigenvalue weighted by molar-refractivity contribution is 0.330. The molecule has 0 atom stereocenters. The Hall–Kier alpha value is 0.860. The van der Waals surface area contributed by atoms with Crippen LogP contribution in [0.15, 0.2) is 0 Å². The van der Waals surface area contributed by atoms with Gasteiger partial charge in [-0.1, -0.05) is 0 Å². The fourth-order valence-electron chi connectivity index (χ4n) is 1.29. The van der Waals surface area contributed by atoms with E-state index in [2.05, 4.69) is 0 Å². The monoisotopic (exact) mass is 431 g/mol. The van der Waals surface area contributed by atoms with Gasteiger partial charge in [0.2, 0.25) is 0 Å². The molecular weight excluding hydrogens is 411 g/mol. The first-order chi connectivity index (χ1) is 9.79. The molecule has 0 aromatic heterocycles. The molecule has 0 aliphatic heterocycles. The zero-order valence-corrected chi connectivity index (χ0v) is 17.5. The van der Waals surface area contributed by atoms with Crippen LogP contribution in [-0.4, -0.2) is 85.8 Å². The third kappa shape index (κ3) is 17.2. The molecule has 22 heavy (non-hydrogen) atoms. The number of nitrogens with zero attached hydrogens (tertiary/aromatic N) is 1. The van der Waals surface area contributed by atoms with Gasteiger partial charge in [0.05, 0.1) is 0 Å². The van der Waals surface area contributed by atoms with E-state index < -0.39 is 26.6 Å². The minimum Gasteiger partial charge on any atom is -0.301 e. The second-order valence-electron chi connectivity index (χ2n) is 4.42. The van der Waals surface area contributed by atoms with Crippen LogP contribution in [0.25, 0.3) is 0 Å². The molecule has 0 saturated carbocycles. The van der Waals surface area contributed by atoms with Crippen molar-refractivity contribution < 1.29 is 25.3 Å². The predicted molar refractivity (Wildman–Crippen MR) is 98.3 cm³/mol. The maximum Gasteiger partial charge on any atom is 0.198 e. The molecule has 0 aromatic rings. The van der Waals surface area contributed by atoms with Gasteiger partial charge in [-0.05, 0) is 32.4 Å². The molecule has 0 aliphatic rings. The third-order valence-electron chi connectivity index (χ3n) is 2.11. The fourth-order valence-corrected chi connectivity index (χ4v) is 6.59. The van der Waals surface area contributed by atoms with E-state index in [0.29, 0.717) is 36.9 Å². The molecule has 0 bridgehead atoms. The second-order valence-corrected chi connectivity index (χ2v) is 18.1.